The first kappa shape index (κ1) is 21.9. The van der Waals surface area contributed by atoms with Crippen molar-refractivity contribution >= 4 is 5.78 Å². The minimum atomic E-state index is -4.51. The number of carbonyl (C=O) groups excluding carboxylic acids is 1. The van der Waals surface area contributed by atoms with Crippen LogP contribution in [0.4, 0.5) is 13.2 Å². The van der Waals surface area contributed by atoms with E-state index < -0.39 is 17.2 Å². The SMILES string of the molecule is C[C@H]1C(=O)C(C#N)=C[C@@]2(C)c3c(c(-c4ccncn4)nn3-c3ccc(C(F)(F)F)cn3)CC[C@H]12. The molecule has 0 amide bonds. The summed E-state index contributed by atoms with van der Waals surface area (Å²) in [7, 11) is 0. The van der Waals surface area contributed by atoms with E-state index in [2.05, 4.69) is 15.0 Å². The van der Waals surface area contributed by atoms with Crippen LogP contribution in [0.15, 0.2) is 48.6 Å². The first-order valence-corrected chi connectivity index (χ1v) is 10.7. The summed E-state index contributed by atoms with van der Waals surface area (Å²) in [4.78, 5) is 25.1. The Morgan fingerprint density at radius 1 is 1.24 bits per heavy atom. The van der Waals surface area contributed by atoms with E-state index in [-0.39, 0.29) is 29.0 Å². The Balaban J connectivity index is 1.78. The molecule has 3 atom stereocenters. The average molecular weight is 464 g/mol. The van der Waals surface area contributed by atoms with Gasteiger partial charge in [0.1, 0.15) is 18.1 Å². The van der Waals surface area contributed by atoms with Gasteiger partial charge in [0.15, 0.2) is 11.6 Å². The fourth-order valence-electron chi connectivity index (χ4n) is 5.33. The molecule has 0 radical (unpaired) electrons. The Morgan fingerprint density at radius 2 is 2.03 bits per heavy atom. The standard InChI is InChI=1S/C24H19F3N6O/c1-13-17-5-4-16-20(18-7-8-29-12-31-18)32-33(19-6-3-15(11-30-19)24(25,26)27)22(16)23(17,2)9-14(10-28)21(13)34/h3,6-9,11-13,17H,4-5H2,1-2H3/t13-,17-,23-/m1/s1. The summed E-state index contributed by atoms with van der Waals surface area (Å²) >= 11 is 0. The van der Waals surface area contributed by atoms with E-state index in [1.807, 2.05) is 19.9 Å². The molecule has 3 heterocycles. The number of nitriles is 1. The van der Waals surface area contributed by atoms with Crippen molar-refractivity contribution in [3.63, 3.8) is 0 Å². The third kappa shape index (κ3) is 3.22. The van der Waals surface area contributed by atoms with Gasteiger partial charge in [-0.3, -0.25) is 4.79 Å². The number of ketones is 1. The number of allylic oxidation sites excluding steroid dienone is 2. The molecule has 5 rings (SSSR count). The summed E-state index contributed by atoms with van der Waals surface area (Å²) in [6.45, 7) is 3.77. The molecule has 0 aromatic carbocycles. The van der Waals surface area contributed by atoms with E-state index in [1.54, 1.807) is 18.3 Å². The second-order valence-electron chi connectivity index (χ2n) is 8.84. The van der Waals surface area contributed by atoms with Crippen LogP contribution in [0.2, 0.25) is 0 Å². The van der Waals surface area contributed by atoms with Gasteiger partial charge in [-0.05, 0) is 37.0 Å². The molecule has 3 aromatic heterocycles. The molecule has 3 aromatic rings. The monoisotopic (exact) mass is 464 g/mol. The number of pyridine rings is 1. The van der Waals surface area contributed by atoms with Crippen molar-refractivity contribution in [3.8, 4) is 23.3 Å². The molecule has 0 aliphatic heterocycles. The Bertz CT molecular complexity index is 1350. The summed E-state index contributed by atoms with van der Waals surface area (Å²) in [5.41, 5.74) is 1.19. The lowest BCUT2D eigenvalue weighted by atomic mass is 9.58. The Labute approximate surface area is 193 Å². The van der Waals surface area contributed by atoms with Crippen molar-refractivity contribution in [2.24, 2.45) is 11.8 Å². The first-order valence-electron chi connectivity index (χ1n) is 10.7. The maximum Gasteiger partial charge on any atom is 0.417 e. The third-order valence-electron chi connectivity index (χ3n) is 6.93. The maximum absolute atomic E-state index is 13.1. The van der Waals surface area contributed by atoms with Crippen LogP contribution in [0.5, 0.6) is 0 Å². The zero-order valence-corrected chi connectivity index (χ0v) is 18.3. The lowest BCUT2D eigenvalue weighted by molar-refractivity contribution is -0.137. The summed E-state index contributed by atoms with van der Waals surface area (Å²) in [6, 6.07) is 5.97. The molecule has 2 aliphatic rings. The van der Waals surface area contributed by atoms with E-state index in [1.165, 1.54) is 17.1 Å². The number of halogens is 3. The van der Waals surface area contributed by atoms with Gasteiger partial charge in [0.25, 0.3) is 0 Å². The number of Topliss-reactive ketones (excluding diaryl/α,β-unsaturated/α-hetero) is 1. The van der Waals surface area contributed by atoms with Gasteiger partial charge in [-0.1, -0.05) is 19.9 Å². The quantitative estimate of drug-likeness (QED) is 0.563. The molecule has 0 fully saturated rings. The van der Waals surface area contributed by atoms with Gasteiger partial charge in [-0.25, -0.2) is 19.6 Å². The van der Waals surface area contributed by atoms with Crippen molar-refractivity contribution in [1.29, 1.82) is 5.26 Å². The number of carbonyl (C=O) groups is 1. The molecular weight excluding hydrogens is 445 g/mol. The predicted molar refractivity (Wildman–Crippen MR) is 114 cm³/mol. The molecule has 7 nitrogen and oxygen atoms in total. The van der Waals surface area contributed by atoms with Crippen molar-refractivity contribution in [2.75, 3.05) is 0 Å². The van der Waals surface area contributed by atoms with E-state index >= 15 is 0 Å². The Morgan fingerprint density at radius 3 is 2.65 bits per heavy atom. The summed E-state index contributed by atoms with van der Waals surface area (Å²) < 4.78 is 40.9. The Kier molecular flexibility index (Phi) is 4.90. The van der Waals surface area contributed by atoms with Crippen LogP contribution >= 0.6 is 0 Å². The topological polar surface area (TPSA) is 97.4 Å². The highest BCUT2D eigenvalue weighted by Crippen LogP contribution is 2.51. The normalized spacial score (nSPS) is 24.1. The zero-order valence-electron chi connectivity index (χ0n) is 18.3. The second-order valence-corrected chi connectivity index (χ2v) is 8.84. The molecule has 2 aliphatic carbocycles. The van der Waals surface area contributed by atoms with Crippen molar-refractivity contribution in [3.05, 3.63) is 65.4 Å². The van der Waals surface area contributed by atoms with Gasteiger partial charge in [0.05, 0.1) is 22.5 Å². The molecule has 172 valence electrons. The first-order chi connectivity index (χ1) is 16.1. The molecule has 0 spiro atoms. The van der Waals surface area contributed by atoms with E-state index in [0.717, 1.165) is 17.8 Å². The number of hydrogen-bond acceptors (Lipinski definition) is 6. The van der Waals surface area contributed by atoms with Crippen LogP contribution in [-0.2, 0) is 22.8 Å². The number of aromatic nitrogens is 5. The number of fused-ring (bicyclic) bond motifs is 3. The van der Waals surface area contributed by atoms with Gasteiger partial charge in [0.2, 0.25) is 0 Å². The van der Waals surface area contributed by atoms with Crippen molar-refractivity contribution in [1.82, 2.24) is 24.7 Å². The molecule has 0 N–H and O–H groups in total. The van der Waals surface area contributed by atoms with Crippen LogP contribution in [0.3, 0.4) is 0 Å². The third-order valence-corrected chi connectivity index (χ3v) is 6.93. The lowest BCUT2D eigenvalue weighted by Crippen LogP contribution is -2.46. The van der Waals surface area contributed by atoms with Crippen LogP contribution in [0.25, 0.3) is 17.2 Å². The van der Waals surface area contributed by atoms with Crippen LogP contribution in [0, 0.1) is 23.2 Å². The van der Waals surface area contributed by atoms with Gasteiger partial charge >= 0.3 is 6.18 Å². The molecule has 0 saturated carbocycles. The second kappa shape index (κ2) is 7.58. The minimum Gasteiger partial charge on any atom is -0.293 e. The van der Waals surface area contributed by atoms with Crippen LogP contribution in [-0.4, -0.2) is 30.5 Å². The number of nitrogens with zero attached hydrogens (tertiary/aromatic N) is 6. The maximum atomic E-state index is 13.1. The lowest BCUT2D eigenvalue weighted by Gasteiger charge is -2.45. The highest BCUT2D eigenvalue weighted by atomic mass is 19.4. The molecule has 0 saturated heterocycles. The predicted octanol–water partition coefficient (Wildman–Crippen LogP) is 4.23. The fourth-order valence-corrected chi connectivity index (χ4v) is 5.33. The fraction of sp³-hybridized carbons (Fsp3) is 0.333. The minimum absolute atomic E-state index is 0.0795. The van der Waals surface area contributed by atoms with E-state index in [4.69, 9.17) is 5.10 Å². The molecule has 0 unspecified atom stereocenters. The van der Waals surface area contributed by atoms with Gasteiger partial charge in [0, 0.05) is 29.3 Å². The number of alkyl halides is 3. The molecular formula is C24H19F3N6O. The molecule has 10 heteroatoms. The van der Waals surface area contributed by atoms with E-state index in [9.17, 15) is 23.2 Å². The highest BCUT2D eigenvalue weighted by molar-refractivity contribution is 6.02. The zero-order chi connectivity index (χ0) is 24.3. The summed E-state index contributed by atoms with van der Waals surface area (Å²) in [6.07, 6.45) is 2.23. The van der Waals surface area contributed by atoms with Gasteiger partial charge < -0.3 is 0 Å². The highest BCUT2D eigenvalue weighted by Gasteiger charge is 2.51. The molecule has 34 heavy (non-hydrogen) atoms. The van der Waals surface area contributed by atoms with Crippen molar-refractivity contribution in [2.45, 2.75) is 38.3 Å². The number of rotatable bonds is 2. The largest absolute Gasteiger partial charge is 0.417 e. The smallest absolute Gasteiger partial charge is 0.293 e. The Hall–Kier alpha value is -3.87. The summed E-state index contributed by atoms with van der Waals surface area (Å²) in [5, 5.41) is 14.4. The van der Waals surface area contributed by atoms with Crippen molar-refractivity contribution < 1.29 is 18.0 Å². The van der Waals surface area contributed by atoms with Gasteiger partial charge in [-0.15, -0.1) is 0 Å². The summed E-state index contributed by atoms with van der Waals surface area (Å²) in [5.74, 6) is -0.469. The number of hydrogen-bond donors (Lipinski definition) is 0. The molecule has 0 bridgehead atoms. The van der Waals surface area contributed by atoms with Gasteiger partial charge in [-0.2, -0.15) is 23.5 Å². The van der Waals surface area contributed by atoms with E-state index in [0.29, 0.717) is 29.9 Å². The van der Waals surface area contributed by atoms with Crippen LogP contribution in [0.1, 0.15) is 37.1 Å². The van der Waals surface area contributed by atoms with Crippen LogP contribution < -0.4 is 0 Å². The average Bonchev–Trinajstić information content (AvgIpc) is 3.23.